The number of rotatable bonds is 8. The quantitative estimate of drug-likeness (QED) is 0.779. The zero-order valence-corrected chi connectivity index (χ0v) is 11.8. The molecule has 2 heterocycles. The molecule has 2 aromatic heterocycles. The highest BCUT2D eigenvalue weighted by Gasteiger charge is 2.06. The molecule has 0 spiro atoms. The minimum absolute atomic E-state index is 0.303. The predicted octanol–water partition coefficient (Wildman–Crippen LogP) is 2.32. The van der Waals surface area contributed by atoms with Crippen molar-refractivity contribution in [3.63, 3.8) is 0 Å². The summed E-state index contributed by atoms with van der Waals surface area (Å²) < 4.78 is 10.5. The van der Waals surface area contributed by atoms with Gasteiger partial charge in [-0.2, -0.15) is 0 Å². The van der Waals surface area contributed by atoms with Crippen LogP contribution < -0.4 is 5.32 Å². The van der Waals surface area contributed by atoms with Gasteiger partial charge in [0.1, 0.15) is 12.4 Å². The summed E-state index contributed by atoms with van der Waals surface area (Å²) >= 11 is 1.73. The Bertz CT molecular complexity index is 467. The van der Waals surface area contributed by atoms with Crippen molar-refractivity contribution in [1.29, 1.82) is 0 Å². The third-order valence-corrected chi connectivity index (χ3v) is 3.79. The second kappa shape index (κ2) is 7.45. The van der Waals surface area contributed by atoms with Crippen molar-refractivity contribution in [1.82, 2.24) is 5.32 Å². The molecule has 0 amide bonds. The Labute approximate surface area is 117 Å². The summed E-state index contributed by atoms with van der Waals surface area (Å²) in [6.45, 7) is 4.11. The lowest BCUT2D eigenvalue weighted by atomic mass is 10.3. The van der Waals surface area contributed by atoms with E-state index in [2.05, 4.69) is 23.7 Å². The number of thiophene rings is 1. The predicted molar refractivity (Wildman–Crippen MR) is 75.1 cm³/mol. The maximum Gasteiger partial charge on any atom is 0.129 e. The molecule has 0 radical (unpaired) electrons. The minimum Gasteiger partial charge on any atom is -0.467 e. The van der Waals surface area contributed by atoms with Gasteiger partial charge in [0.15, 0.2) is 0 Å². The minimum atomic E-state index is -0.504. The number of hydrogen-bond acceptors (Lipinski definition) is 5. The largest absolute Gasteiger partial charge is 0.467 e. The fourth-order valence-electron chi connectivity index (χ4n) is 1.69. The smallest absolute Gasteiger partial charge is 0.129 e. The molecule has 0 saturated heterocycles. The molecule has 0 aromatic carbocycles. The molecule has 0 aliphatic carbocycles. The van der Waals surface area contributed by atoms with E-state index < -0.39 is 6.10 Å². The van der Waals surface area contributed by atoms with Crippen molar-refractivity contribution in [2.75, 3.05) is 13.2 Å². The van der Waals surface area contributed by atoms with Crippen molar-refractivity contribution >= 4 is 11.3 Å². The van der Waals surface area contributed by atoms with Crippen LogP contribution >= 0.6 is 11.3 Å². The summed E-state index contributed by atoms with van der Waals surface area (Å²) in [6.07, 6.45) is 1.11. The van der Waals surface area contributed by atoms with E-state index in [1.54, 1.807) is 17.6 Å². The van der Waals surface area contributed by atoms with E-state index in [1.165, 1.54) is 10.4 Å². The molecular weight excluding hydrogens is 262 g/mol. The van der Waals surface area contributed by atoms with Crippen LogP contribution in [0.1, 0.15) is 16.2 Å². The van der Waals surface area contributed by atoms with E-state index >= 15 is 0 Å². The normalized spacial score (nSPS) is 12.7. The lowest BCUT2D eigenvalue weighted by molar-refractivity contribution is 0.0226. The van der Waals surface area contributed by atoms with E-state index in [9.17, 15) is 5.11 Å². The highest BCUT2D eigenvalue weighted by molar-refractivity contribution is 7.10. The average molecular weight is 281 g/mol. The first-order chi connectivity index (χ1) is 9.25. The first-order valence-electron chi connectivity index (χ1n) is 6.27. The van der Waals surface area contributed by atoms with E-state index in [0.717, 1.165) is 12.3 Å². The van der Waals surface area contributed by atoms with Gasteiger partial charge in [0, 0.05) is 18.0 Å². The van der Waals surface area contributed by atoms with Crippen molar-refractivity contribution < 1.29 is 14.3 Å². The molecule has 0 fully saturated rings. The van der Waals surface area contributed by atoms with Gasteiger partial charge in [0.25, 0.3) is 0 Å². The summed E-state index contributed by atoms with van der Waals surface area (Å²) in [5, 5.41) is 15.1. The molecule has 0 saturated carbocycles. The number of hydrogen-bond donors (Lipinski definition) is 2. The number of furan rings is 1. The maximum absolute atomic E-state index is 9.76. The summed E-state index contributed by atoms with van der Waals surface area (Å²) in [6, 6.07) is 5.77. The third-order valence-electron chi connectivity index (χ3n) is 2.77. The van der Waals surface area contributed by atoms with E-state index in [4.69, 9.17) is 9.15 Å². The van der Waals surface area contributed by atoms with Crippen LogP contribution in [0.2, 0.25) is 0 Å². The zero-order valence-electron chi connectivity index (χ0n) is 11.0. The van der Waals surface area contributed by atoms with Crippen molar-refractivity contribution in [2.24, 2.45) is 0 Å². The first-order valence-corrected chi connectivity index (χ1v) is 7.15. The SMILES string of the molecule is Cc1ccsc1CNCC(O)COCc1ccco1. The third kappa shape index (κ3) is 4.80. The lowest BCUT2D eigenvalue weighted by Crippen LogP contribution is -2.30. The highest BCUT2D eigenvalue weighted by Crippen LogP contribution is 2.14. The Hall–Kier alpha value is -1.14. The maximum atomic E-state index is 9.76. The van der Waals surface area contributed by atoms with Crippen LogP contribution in [0.25, 0.3) is 0 Å². The molecule has 0 bridgehead atoms. The van der Waals surface area contributed by atoms with Gasteiger partial charge in [-0.3, -0.25) is 0 Å². The Kier molecular flexibility index (Phi) is 5.60. The van der Waals surface area contributed by atoms with Crippen molar-refractivity contribution in [2.45, 2.75) is 26.2 Å². The monoisotopic (exact) mass is 281 g/mol. The molecule has 5 heteroatoms. The molecular formula is C14H19NO3S. The molecule has 0 aliphatic rings. The van der Waals surface area contributed by atoms with Gasteiger partial charge < -0.3 is 19.6 Å². The summed E-state index contributed by atoms with van der Waals surface area (Å²) in [4.78, 5) is 1.31. The van der Waals surface area contributed by atoms with Gasteiger partial charge in [-0.25, -0.2) is 0 Å². The number of aryl methyl sites for hydroxylation is 1. The number of ether oxygens (including phenoxy) is 1. The van der Waals surface area contributed by atoms with E-state index in [-0.39, 0.29) is 0 Å². The molecule has 2 N–H and O–H groups in total. The van der Waals surface area contributed by atoms with Crippen LogP contribution in [0.5, 0.6) is 0 Å². The Balaban J connectivity index is 1.57. The number of aliphatic hydroxyl groups is 1. The second-order valence-corrected chi connectivity index (χ2v) is 5.41. The van der Waals surface area contributed by atoms with Gasteiger partial charge in [-0.15, -0.1) is 11.3 Å². The van der Waals surface area contributed by atoms with Crippen molar-refractivity contribution in [3.05, 3.63) is 46.0 Å². The molecule has 4 nitrogen and oxygen atoms in total. The first kappa shape index (κ1) is 14.3. The summed E-state index contributed by atoms with van der Waals surface area (Å²) in [5.41, 5.74) is 1.29. The van der Waals surface area contributed by atoms with Crippen LogP contribution in [0.15, 0.2) is 34.3 Å². The average Bonchev–Trinajstić information content (AvgIpc) is 3.02. The summed E-state index contributed by atoms with van der Waals surface area (Å²) in [7, 11) is 0. The fraction of sp³-hybridized carbons (Fsp3) is 0.429. The van der Waals surface area contributed by atoms with Gasteiger partial charge in [0.05, 0.1) is 19.0 Å². The number of aliphatic hydroxyl groups excluding tert-OH is 1. The highest BCUT2D eigenvalue weighted by atomic mass is 32.1. The van der Waals surface area contributed by atoms with E-state index in [0.29, 0.717) is 19.8 Å². The second-order valence-electron chi connectivity index (χ2n) is 4.41. The Morgan fingerprint density at radius 3 is 3.05 bits per heavy atom. The molecule has 19 heavy (non-hydrogen) atoms. The standard InChI is InChI=1S/C14H19NO3S/c1-11-4-6-19-14(11)8-15-7-12(16)9-17-10-13-3-2-5-18-13/h2-6,12,15-16H,7-10H2,1H3. The fourth-order valence-corrected chi connectivity index (χ4v) is 2.56. The molecule has 2 aromatic rings. The van der Waals surface area contributed by atoms with Crippen molar-refractivity contribution in [3.8, 4) is 0 Å². The molecule has 1 unspecified atom stereocenters. The molecule has 0 aliphatic heterocycles. The Morgan fingerprint density at radius 2 is 2.37 bits per heavy atom. The Morgan fingerprint density at radius 1 is 1.47 bits per heavy atom. The van der Waals surface area contributed by atoms with Crippen LogP contribution in [-0.4, -0.2) is 24.4 Å². The summed E-state index contributed by atoms with van der Waals surface area (Å²) in [5.74, 6) is 0.773. The van der Waals surface area contributed by atoms with Gasteiger partial charge in [0.2, 0.25) is 0 Å². The lowest BCUT2D eigenvalue weighted by Gasteiger charge is -2.11. The van der Waals surface area contributed by atoms with Gasteiger partial charge in [-0.1, -0.05) is 0 Å². The van der Waals surface area contributed by atoms with Crippen LogP contribution in [0.4, 0.5) is 0 Å². The van der Waals surface area contributed by atoms with Gasteiger partial charge >= 0.3 is 0 Å². The van der Waals surface area contributed by atoms with Crippen LogP contribution in [0.3, 0.4) is 0 Å². The van der Waals surface area contributed by atoms with Gasteiger partial charge in [-0.05, 0) is 36.1 Å². The zero-order chi connectivity index (χ0) is 13.5. The van der Waals surface area contributed by atoms with Crippen LogP contribution in [-0.2, 0) is 17.9 Å². The van der Waals surface area contributed by atoms with Crippen LogP contribution in [0, 0.1) is 6.92 Å². The molecule has 104 valence electrons. The number of nitrogens with one attached hydrogen (secondary N) is 1. The van der Waals surface area contributed by atoms with E-state index in [1.807, 2.05) is 12.1 Å². The molecule has 2 rings (SSSR count). The molecule has 1 atom stereocenters. The topological polar surface area (TPSA) is 54.6 Å².